The van der Waals surface area contributed by atoms with E-state index in [0.717, 1.165) is 12.8 Å². The summed E-state index contributed by atoms with van der Waals surface area (Å²) in [6.45, 7) is 7.97. The highest BCUT2D eigenvalue weighted by Crippen LogP contribution is 2.21. The molecule has 1 fully saturated rings. The van der Waals surface area contributed by atoms with Crippen molar-refractivity contribution in [2.45, 2.75) is 58.2 Å². The van der Waals surface area contributed by atoms with Crippen LogP contribution in [0.5, 0.6) is 0 Å². The number of nitrogens with one attached hydrogen (secondary N) is 1. The summed E-state index contributed by atoms with van der Waals surface area (Å²) in [7, 11) is 2.21. The number of hydrogen-bond acceptors (Lipinski definition) is 2. The van der Waals surface area contributed by atoms with Gasteiger partial charge in [-0.05, 0) is 32.7 Å². The summed E-state index contributed by atoms with van der Waals surface area (Å²) < 4.78 is 0. The molecule has 2 heteroatoms. The van der Waals surface area contributed by atoms with E-state index >= 15 is 0 Å². The van der Waals surface area contributed by atoms with Gasteiger partial charge in [-0.1, -0.05) is 26.2 Å². The average Bonchev–Trinajstić information content (AvgIpc) is 2.25. The lowest BCUT2D eigenvalue weighted by molar-refractivity contribution is 0.118. The van der Waals surface area contributed by atoms with E-state index in [-0.39, 0.29) is 6.04 Å². The Hall–Kier alpha value is -0.520. The van der Waals surface area contributed by atoms with Crippen molar-refractivity contribution in [2.24, 2.45) is 5.92 Å². The zero-order chi connectivity index (χ0) is 12.1. The van der Waals surface area contributed by atoms with E-state index in [1.165, 1.54) is 13.0 Å². The quantitative estimate of drug-likeness (QED) is 0.733. The topological polar surface area (TPSA) is 15.3 Å². The van der Waals surface area contributed by atoms with E-state index in [4.69, 9.17) is 6.42 Å². The number of terminal acetylenes is 1. The molecule has 16 heavy (non-hydrogen) atoms. The van der Waals surface area contributed by atoms with Gasteiger partial charge >= 0.3 is 0 Å². The second-order valence-electron chi connectivity index (χ2n) is 5.28. The average molecular weight is 222 g/mol. The van der Waals surface area contributed by atoms with Crippen molar-refractivity contribution in [3.63, 3.8) is 0 Å². The Morgan fingerprint density at radius 2 is 2.19 bits per heavy atom. The lowest BCUT2D eigenvalue weighted by Gasteiger charge is -2.41. The molecule has 0 aromatic heterocycles. The predicted molar refractivity (Wildman–Crippen MR) is 70.3 cm³/mol. The number of hydrogen-bond donors (Lipinski definition) is 1. The first-order valence-corrected chi connectivity index (χ1v) is 6.50. The summed E-state index contributed by atoms with van der Waals surface area (Å²) >= 11 is 0. The molecule has 4 atom stereocenters. The third-order valence-electron chi connectivity index (χ3n) is 3.80. The fourth-order valence-corrected chi connectivity index (χ4v) is 2.54. The highest BCUT2D eigenvalue weighted by molar-refractivity contribution is 5.01. The van der Waals surface area contributed by atoms with E-state index in [1.807, 2.05) is 0 Å². The van der Waals surface area contributed by atoms with Crippen molar-refractivity contribution in [3.05, 3.63) is 0 Å². The lowest BCUT2D eigenvalue weighted by Crippen LogP contribution is -2.53. The van der Waals surface area contributed by atoms with Crippen molar-refractivity contribution >= 4 is 0 Å². The Labute approximate surface area is 101 Å². The standard InChI is InChI=1S/C14H26N2/c1-6-8-13(7-2)15-14-9-12(4)16(5)10-11(14)3/h2,11-15H,6,8-10H2,1,3-5H3. The van der Waals surface area contributed by atoms with Crippen LogP contribution >= 0.6 is 0 Å². The SMILES string of the molecule is C#CC(CCC)NC1CC(C)N(C)CC1C. The second kappa shape index (κ2) is 6.27. The van der Waals surface area contributed by atoms with Crippen molar-refractivity contribution in [1.82, 2.24) is 10.2 Å². The number of rotatable bonds is 4. The van der Waals surface area contributed by atoms with Crippen LogP contribution in [-0.4, -0.2) is 36.6 Å². The van der Waals surface area contributed by atoms with Crippen LogP contribution in [0.4, 0.5) is 0 Å². The Balaban J connectivity index is 2.50. The second-order valence-corrected chi connectivity index (χ2v) is 5.28. The molecule has 1 aliphatic heterocycles. The van der Waals surface area contributed by atoms with Crippen molar-refractivity contribution in [1.29, 1.82) is 0 Å². The predicted octanol–water partition coefficient (Wildman–Crippen LogP) is 2.11. The Kier molecular flexibility index (Phi) is 5.31. The molecule has 0 aliphatic carbocycles. The van der Waals surface area contributed by atoms with Gasteiger partial charge in [0.25, 0.3) is 0 Å². The Bertz CT molecular complexity index is 244. The molecule has 4 unspecified atom stereocenters. The van der Waals surface area contributed by atoms with Crippen molar-refractivity contribution in [2.75, 3.05) is 13.6 Å². The molecule has 0 radical (unpaired) electrons. The Morgan fingerprint density at radius 1 is 1.50 bits per heavy atom. The van der Waals surface area contributed by atoms with E-state index in [2.05, 4.69) is 44.0 Å². The molecule has 1 heterocycles. The van der Waals surface area contributed by atoms with Crippen LogP contribution in [-0.2, 0) is 0 Å². The molecule has 1 N–H and O–H groups in total. The van der Waals surface area contributed by atoms with Crippen LogP contribution in [0.3, 0.4) is 0 Å². The highest BCUT2D eigenvalue weighted by Gasteiger charge is 2.29. The van der Waals surface area contributed by atoms with Crippen molar-refractivity contribution in [3.8, 4) is 12.3 Å². The molecule has 0 saturated carbocycles. The van der Waals surface area contributed by atoms with Crippen LogP contribution in [0.1, 0.15) is 40.0 Å². The molecule has 0 spiro atoms. The van der Waals surface area contributed by atoms with Gasteiger partial charge in [-0.3, -0.25) is 0 Å². The molecule has 0 aromatic carbocycles. The summed E-state index contributed by atoms with van der Waals surface area (Å²) in [6, 6.07) is 1.50. The molecular formula is C14H26N2. The third kappa shape index (κ3) is 3.50. The van der Waals surface area contributed by atoms with Gasteiger partial charge in [-0.25, -0.2) is 0 Å². The van der Waals surface area contributed by atoms with Gasteiger partial charge in [0.2, 0.25) is 0 Å². The van der Waals surface area contributed by atoms with Gasteiger partial charge in [-0.2, -0.15) is 0 Å². The molecule has 1 rings (SSSR count). The van der Waals surface area contributed by atoms with E-state index < -0.39 is 0 Å². The minimum absolute atomic E-state index is 0.257. The molecule has 1 saturated heterocycles. The van der Waals surface area contributed by atoms with Gasteiger partial charge in [0.05, 0.1) is 6.04 Å². The molecule has 0 bridgehead atoms. The molecule has 92 valence electrons. The summed E-state index contributed by atoms with van der Waals surface area (Å²) in [4.78, 5) is 2.44. The van der Waals surface area contributed by atoms with E-state index in [1.54, 1.807) is 0 Å². The normalized spacial score (nSPS) is 33.3. The number of nitrogens with zero attached hydrogens (tertiary/aromatic N) is 1. The fourth-order valence-electron chi connectivity index (χ4n) is 2.54. The van der Waals surface area contributed by atoms with Crippen LogP contribution < -0.4 is 5.32 Å². The smallest absolute Gasteiger partial charge is 0.0689 e. The maximum Gasteiger partial charge on any atom is 0.0689 e. The first-order chi connectivity index (χ1) is 7.58. The summed E-state index contributed by atoms with van der Waals surface area (Å²) in [5, 5.41) is 3.64. The van der Waals surface area contributed by atoms with Gasteiger partial charge in [-0.15, -0.1) is 6.42 Å². The van der Waals surface area contributed by atoms with Gasteiger partial charge < -0.3 is 10.2 Å². The van der Waals surface area contributed by atoms with Gasteiger partial charge in [0.1, 0.15) is 0 Å². The van der Waals surface area contributed by atoms with Crippen LogP contribution in [0.2, 0.25) is 0 Å². The zero-order valence-corrected chi connectivity index (χ0v) is 11.2. The molecule has 1 aliphatic rings. The summed E-state index contributed by atoms with van der Waals surface area (Å²) in [5.74, 6) is 3.56. The van der Waals surface area contributed by atoms with Gasteiger partial charge in [0, 0.05) is 18.6 Å². The molecular weight excluding hydrogens is 196 g/mol. The van der Waals surface area contributed by atoms with E-state index in [0.29, 0.717) is 18.0 Å². The van der Waals surface area contributed by atoms with E-state index in [9.17, 15) is 0 Å². The molecule has 0 aromatic rings. The summed E-state index contributed by atoms with van der Waals surface area (Å²) in [5.41, 5.74) is 0. The fraction of sp³-hybridized carbons (Fsp3) is 0.857. The maximum absolute atomic E-state index is 5.56. The van der Waals surface area contributed by atoms with Gasteiger partial charge in [0.15, 0.2) is 0 Å². The first kappa shape index (κ1) is 13.5. The minimum atomic E-state index is 0.257. The molecule has 0 amide bonds. The lowest BCUT2D eigenvalue weighted by atomic mass is 9.89. The third-order valence-corrected chi connectivity index (χ3v) is 3.80. The highest BCUT2D eigenvalue weighted by atomic mass is 15.2. The largest absolute Gasteiger partial charge is 0.303 e. The number of likely N-dealkylation sites (tertiary alicyclic amines) is 1. The number of piperidine rings is 1. The maximum atomic E-state index is 5.56. The monoisotopic (exact) mass is 222 g/mol. The van der Waals surface area contributed by atoms with Crippen LogP contribution in [0.25, 0.3) is 0 Å². The summed E-state index contributed by atoms with van der Waals surface area (Å²) in [6.07, 6.45) is 9.01. The Morgan fingerprint density at radius 3 is 2.75 bits per heavy atom. The van der Waals surface area contributed by atoms with Crippen LogP contribution in [0, 0.1) is 18.3 Å². The zero-order valence-electron chi connectivity index (χ0n) is 11.2. The van der Waals surface area contributed by atoms with Crippen molar-refractivity contribution < 1.29 is 0 Å². The minimum Gasteiger partial charge on any atom is -0.303 e. The molecule has 2 nitrogen and oxygen atoms in total. The van der Waals surface area contributed by atoms with Crippen LogP contribution in [0.15, 0.2) is 0 Å². The first-order valence-electron chi connectivity index (χ1n) is 6.50.